The van der Waals surface area contributed by atoms with Crippen LogP contribution in [0.1, 0.15) is 29.2 Å². The summed E-state index contributed by atoms with van der Waals surface area (Å²) in [6, 6.07) is 16.6. The van der Waals surface area contributed by atoms with Gasteiger partial charge in [-0.1, -0.05) is 42.5 Å². The number of guanidine groups is 1. The van der Waals surface area contributed by atoms with Crippen LogP contribution < -0.4 is 15.8 Å². The Balaban J connectivity index is 0.00000243. The molecule has 0 aromatic heterocycles. The van der Waals surface area contributed by atoms with E-state index < -0.39 is 0 Å². The Bertz CT molecular complexity index is 748. The second kappa shape index (κ2) is 9.78. The third-order valence-corrected chi connectivity index (χ3v) is 4.31. The second-order valence-corrected chi connectivity index (χ2v) is 6.58. The quantitative estimate of drug-likeness (QED) is 0.404. The molecule has 1 atom stereocenters. The minimum Gasteiger partial charge on any atom is -0.493 e. The first-order valence-electron chi connectivity index (χ1n) is 8.63. The predicted molar refractivity (Wildman–Crippen MR) is 117 cm³/mol. The molecule has 0 amide bonds. The van der Waals surface area contributed by atoms with Crippen molar-refractivity contribution in [3.8, 4) is 5.75 Å². The molecule has 0 fully saturated rings. The number of hydrogen-bond acceptors (Lipinski definition) is 3. The molecule has 3 rings (SSSR count). The van der Waals surface area contributed by atoms with E-state index in [0.29, 0.717) is 19.1 Å². The molecule has 140 valence electrons. The number of para-hydroxylation sites is 1. The molecule has 1 heterocycles. The predicted octanol–water partition coefficient (Wildman–Crippen LogP) is 3.29. The zero-order valence-electron chi connectivity index (χ0n) is 15.3. The van der Waals surface area contributed by atoms with Gasteiger partial charge in [0, 0.05) is 18.5 Å². The first-order valence-corrected chi connectivity index (χ1v) is 8.63. The number of nitrogens with one attached hydrogen (secondary N) is 1. The number of halogens is 1. The monoisotopic (exact) mass is 466 g/mol. The van der Waals surface area contributed by atoms with E-state index in [2.05, 4.69) is 53.6 Å². The Morgan fingerprint density at radius 3 is 2.62 bits per heavy atom. The summed E-state index contributed by atoms with van der Waals surface area (Å²) >= 11 is 0. The molecule has 0 saturated heterocycles. The van der Waals surface area contributed by atoms with Crippen LogP contribution in [-0.4, -0.2) is 31.6 Å². The third-order valence-electron chi connectivity index (χ3n) is 4.31. The lowest BCUT2D eigenvalue weighted by Gasteiger charge is -2.27. The van der Waals surface area contributed by atoms with Crippen LogP contribution in [0.4, 0.5) is 0 Å². The number of aliphatic imine (C=N–C) groups is 1. The van der Waals surface area contributed by atoms with Crippen LogP contribution in [0, 0.1) is 0 Å². The van der Waals surface area contributed by atoms with Crippen LogP contribution in [-0.2, 0) is 13.1 Å². The molecule has 0 radical (unpaired) electrons. The maximum atomic E-state index is 6.15. The number of nitrogens with two attached hydrogens (primary N) is 1. The van der Waals surface area contributed by atoms with Crippen LogP contribution in [0.15, 0.2) is 53.5 Å². The van der Waals surface area contributed by atoms with Crippen LogP contribution in [0.3, 0.4) is 0 Å². The van der Waals surface area contributed by atoms with E-state index in [1.54, 1.807) is 0 Å². The van der Waals surface area contributed by atoms with E-state index in [1.165, 1.54) is 11.1 Å². The third kappa shape index (κ3) is 5.35. The molecule has 0 aliphatic carbocycles. The van der Waals surface area contributed by atoms with Crippen LogP contribution in [0.5, 0.6) is 5.75 Å². The summed E-state index contributed by atoms with van der Waals surface area (Å²) in [6.07, 6.45) is 0.879. The summed E-state index contributed by atoms with van der Waals surface area (Å²) in [5, 5.41) is 3.34. The molecular formula is C20H27IN4O. The van der Waals surface area contributed by atoms with Crippen molar-refractivity contribution in [2.75, 3.05) is 20.7 Å². The topological polar surface area (TPSA) is 62.9 Å². The lowest BCUT2D eigenvalue weighted by Crippen LogP contribution is -2.37. The zero-order chi connectivity index (χ0) is 17.6. The smallest absolute Gasteiger partial charge is 0.189 e. The lowest BCUT2D eigenvalue weighted by atomic mass is 10.0. The molecule has 1 unspecified atom stereocenters. The van der Waals surface area contributed by atoms with Gasteiger partial charge in [0.1, 0.15) is 5.75 Å². The summed E-state index contributed by atoms with van der Waals surface area (Å²) in [4.78, 5) is 6.71. The van der Waals surface area contributed by atoms with E-state index >= 15 is 0 Å². The minimum atomic E-state index is 0. The highest BCUT2D eigenvalue weighted by Crippen LogP contribution is 2.31. The van der Waals surface area contributed by atoms with Gasteiger partial charge in [0.2, 0.25) is 0 Å². The van der Waals surface area contributed by atoms with Gasteiger partial charge < -0.3 is 20.7 Å². The van der Waals surface area contributed by atoms with Crippen LogP contribution in [0.25, 0.3) is 0 Å². The van der Waals surface area contributed by atoms with Crippen molar-refractivity contribution in [1.82, 2.24) is 10.2 Å². The molecule has 1 aliphatic heterocycles. The van der Waals surface area contributed by atoms with Crippen LogP contribution >= 0.6 is 24.0 Å². The number of benzene rings is 2. The highest BCUT2D eigenvalue weighted by Gasteiger charge is 2.21. The highest BCUT2D eigenvalue weighted by atomic mass is 127. The molecule has 0 spiro atoms. The maximum absolute atomic E-state index is 6.15. The summed E-state index contributed by atoms with van der Waals surface area (Å²) in [5.41, 5.74) is 9.77. The van der Waals surface area contributed by atoms with Crippen molar-refractivity contribution in [3.05, 3.63) is 65.2 Å². The number of nitrogens with zero attached hydrogens (tertiary/aromatic N) is 2. The largest absolute Gasteiger partial charge is 0.493 e. The average Bonchev–Trinajstić information content (AvgIpc) is 2.61. The minimum absolute atomic E-state index is 0. The molecule has 2 aromatic rings. The Kier molecular flexibility index (Phi) is 7.71. The molecule has 26 heavy (non-hydrogen) atoms. The van der Waals surface area contributed by atoms with E-state index in [-0.39, 0.29) is 30.0 Å². The van der Waals surface area contributed by atoms with E-state index in [1.807, 2.05) is 24.3 Å². The Morgan fingerprint density at radius 2 is 1.85 bits per heavy atom. The van der Waals surface area contributed by atoms with Crippen molar-refractivity contribution in [1.29, 1.82) is 0 Å². The second-order valence-electron chi connectivity index (χ2n) is 6.58. The fourth-order valence-electron chi connectivity index (χ4n) is 3.09. The van der Waals surface area contributed by atoms with Gasteiger partial charge in [-0.25, -0.2) is 4.99 Å². The number of ether oxygens (including phenoxy) is 1. The average molecular weight is 466 g/mol. The first-order chi connectivity index (χ1) is 12.1. The fourth-order valence-corrected chi connectivity index (χ4v) is 3.09. The first kappa shape index (κ1) is 20.5. The van der Waals surface area contributed by atoms with Gasteiger partial charge in [-0.2, -0.15) is 0 Å². The molecule has 1 aliphatic rings. The SMILES string of the molecule is CN(C)Cc1ccccc1CN=C(N)NC1CCOc2ccccc21.I. The molecular weight excluding hydrogens is 439 g/mol. The molecule has 0 bridgehead atoms. The van der Waals surface area contributed by atoms with Gasteiger partial charge in [-0.05, 0) is 31.3 Å². The molecule has 3 N–H and O–H groups in total. The van der Waals surface area contributed by atoms with Crippen molar-refractivity contribution >= 4 is 29.9 Å². The van der Waals surface area contributed by atoms with Crippen molar-refractivity contribution < 1.29 is 4.74 Å². The summed E-state index contributed by atoms with van der Waals surface area (Å²) < 4.78 is 5.69. The number of fused-ring (bicyclic) bond motifs is 1. The van der Waals surface area contributed by atoms with Crippen molar-refractivity contribution in [2.24, 2.45) is 10.7 Å². The zero-order valence-corrected chi connectivity index (χ0v) is 17.6. The van der Waals surface area contributed by atoms with E-state index in [0.717, 1.165) is 24.3 Å². The van der Waals surface area contributed by atoms with Crippen molar-refractivity contribution in [3.63, 3.8) is 0 Å². The van der Waals surface area contributed by atoms with Crippen molar-refractivity contribution in [2.45, 2.75) is 25.6 Å². The van der Waals surface area contributed by atoms with E-state index in [9.17, 15) is 0 Å². The van der Waals surface area contributed by atoms with Gasteiger partial charge in [0.15, 0.2) is 5.96 Å². The molecule has 0 saturated carbocycles. The van der Waals surface area contributed by atoms with Gasteiger partial charge >= 0.3 is 0 Å². The van der Waals surface area contributed by atoms with Gasteiger partial charge in [0.25, 0.3) is 0 Å². The lowest BCUT2D eigenvalue weighted by molar-refractivity contribution is 0.262. The molecule has 6 heteroatoms. The Hall–Kier alpha value is -1.80. The molecule has 5 nitrogen and oxygen atoms in total. The summed E-state index contributed by atoms with van der Waals surface area (Å²) in [6.45, 7) is 2.16. The van der Waals surface area contributed by atoms with Gasteiger partial charge in [-0.15, -0.1) is 24.0 Å². The summed E-state index contributed by atoms with van der Waals surface area (Å²) in [7, 11) is 4.14. The van der Waals surface area contributed by atoms with Crippen LogP contribution in [0.2, 0.25) is 0 Å². The van der Waals surface area contributed by atoms with Gasteiger partial charge in [0.05, 0.1) is 19.2 Å². The Morgan fingerprint density at radius 1 is 1.15 bits per heavy atom. The fraction of sp³-hybridized carbons (Fsp3) is 0.350. The Labute approximate surface area is 172 Å². The molecule has 2 aromatic carbocycles. The number of hydrogen-bond donors (Lipinski definition) is 2. The normalized spacial score (nSPS) is 16.4. The number of rotatable bonds is 5. The summed E-state index contributed by atoms with van der Waals surface area (Å²) in [5.74, 6) is 1.40. The van der Waals surface area contributed by atoms with E-state index in [4.69, 9.17) is 10.5 Å². The van der Waals surface area contributed by atoms with Gasteiger partial charge in [-0.3, -0.25) is 0 Å². The maximum Gasteiger partial charge on any atom is 0.189 e. The highest BCUT2D eigenvalue weighted by molar-refractivity contribution is 14.0. The standard InChI is InChI=1S/C20H26N4O.HI/c1-24(2)14-16-8-4-3-7-15(16)13-22-20(21)23-18-11-12-25-19-10-6-5-9-17(18)19;/h3-10,18H,11-14H2,1-2H3,(H3,21,22,23);1H.